The van der Waals surface area contributed by atoms with Crippen LogP contribution >= 0.6 is 0 Å². The van der Waals surface area contributed by atoms with Gasteiger partial charge in [0.15, 0.2) is 0 Å². The molecule has 0 saturated heterocycles. The van der Waals surface area contributed by atoms with Crippen molar-refractivity contribution < 1.29 is 14.3 Å². The van der Waals surface area contributed by atoms with Crippen LogP contribution in [-0.4, -0.2) is 11.8 Å². The van der Waals surface area contributed by atoms with E-state index >= 15 is 0 Å². The van der Waals surface area contributed by atoms with Crippen LogP contribution in [0.25, 0.3) is 0 Å². The molecule has 0 bridgehead atoms. The maximum absolute atomic E-state index is 12.8. The maximum atomic E-state index is 12.8. The average Bonchev–Trinajstić information content (AvgIpc) is 2.74. The molecule has 3 aromatic rings. The average molecular weight is 402 g/mol. The number of nitrogens with one attached hydrogen (secondary N) is 2. The van der Waals surface area contributed by atoms with E-state index in [1.807, 2.05) is 69.3 Å². The summed E-state index contributed by atoms with van der Waals surface area (Å²) in [4.78, 5) is 24.9. The Bertz CT molecular complexity index is 1010. The first-order valence-corrected chi connectivity index (χ1v) is 9.81. The van der Waals surface area contributed by atoms with Crippen LogP contribution in [0.15, 0.2) is 78.9 Å². The number of para-hydroxylation sites is 1. The van der Waals surface area contributed by atoms with Gasteiger partial charge in [0.25, 0.3) is 5.91 Å². The molecule has 5 heteroatoms. The van der Waals surface area contributed by atoms with E-state index in [2.05, 4.69) is 10.6 Å². The SMILES string of the molecule is CC(C)(C)C(=O)Nc1ccc(NC(=O)c2ccccc2COc2ccccc2)cc1. The number of hydrogen-bond acceptors (Lipinski definition) is 3. The van der Waals surface area contributed by atoms with Crippen LogP contribution in [0.5, 0.6) is 5.75 Å². The van der Waals surface area contributed by atoms with Gasteiger partial charge in [-0.25, -0.2) is 0 Å². The number of carbonyl (C=O) groups excluding carboxylic acids is 2. The number of hydrogen-bond donors (Lipinski definition) is 2. The molecule has 0 atom stereocenters. The Morgan fingerprint density at radius 1 is 0.767 bits per heavy atom. The summed E-state index contributed by atoms with van der Waals surface area (Å²) in [5.74, 6) is 0.473. The van der Waals surface area contributed by atoms with Crippen LogP contribution in [-0.2, 0) is 11.4 Å². The quantitative estimate of drug-likeness (QED) is 0.572. The lowest BCUT2D eigenvalue weighted by Gasteiger charge is -2.17. The van der Waals surface area contributed by atoms with E-state index in [1.165, 1.54) is 0 Å². The molecule has 0 aliphatic heterocycles. The Hall–Kier alpha value is -3.60. The normalized spacial score (nSPS) is 10.9. The lowest BCUT2D eigenvalue weighted by atomic mass is 9.95. The standard InChI is InChI=1S/C25H26N2O3/c1-25(2,3)24(29)27-20-15-13-19(14-16-20)26-23(28)22-12-8-7-9-18(22)17-30-21-10-5-4-6-11-21/h4-16H,17H2,1-3H3,(H,26,28)(H,27,29). The minimum absolute atomic E-state index is 0.0633. The van der Waals surface area contributed by atoms with Crippen molar-refractivity contribution in [2.75, 3.05) is 10.6 Å². The van der Waals surface area contributed by atoms with Gasteiger partial charge in [-0.1, -0.05) is 57.2 Å². The molecule has 0 spiro atoms. The Kier molecular flexibility index (Phi) is 6.52. The van der Waals surface area contributed by atoms with Crippen LogP contribution in [0.1, 0.15) is 36.7 Å². The van der Waals surface area contributed by atoms with Crippen LogP contribution in [0.4, 0.5) is 11.4 Å². The summed E-state index contributed by atoms with van der Waals surface area (Å²) in [6.45, 7) is 5.87. The molecule has 154 valence electrons. The fraction of sp³-hybridized carbons (Fsp3) is 0.200. The molecule has 30 heavy (non-hydrogen) atoms. The maximum Gasteiger partial charge on any atom is 0.256 e. The van der Waals surface area contributed by atoms with E-state index in [1.54, 1.807) is 30.3 Å². The molecule has 5 nitrogen and oxygen atoms in total. The van der Waals surface area contributed by atoms with E-state index < -0.39 is 5.41 Å². The van der Waals surface area contributed by atoms with Crippen molar-refractivity contribution in [2.45, 2.75) is 27.4 Å². The molecule has 3 aromatic carbocycles. The van der Waals surface area contributed by atoms with E-state index in [0.29, 0.717) is 23.5 Å². The molecule has 0 saturated carbocycles. The monoisotopic (exact) mass is 402 g/mol. The molecule has 2 amide bonds. The van der Waals surface area contributed by atoms with Gasteiger partial charge in [0.1, 0.15) is 12.4 Å². The first-order valence-electron chi connectivity index (χ1n) is 9.81. The van der Waals surface area contributed by atoms with Gasteiger partial charge in [0.05, 0.1) is 0 Å². The molecule has 3 rings (SSSR count). The third kappa shape index (κ3) is 5.70. The Morgan fingerprint density at radius 3 is 1.97 bits per heavy atom. The number of amides is 2. The topological polar surface area (TPSA) is 67.4 Å². The zero-order valence-corrected chi connectivity index (χ0v) is 17.4. The molecule has 0 aliphatic carbocycles. The first kappa shape index (κ1) is 21.1. The lowest BCUT2D eigenvalue weighted by molar-refractivity contribution is -0.123. The summed E-state index contributed by atoms with van der Waals surface area (Å²) in [5.41, 5.74) is 2.21. The zero-order chi connectivity index (χ0) is 21.6. The fourth-order valence-electron chi connectivity index (χ4n) is 2.70. The molecule has 2 N–H and O–H groups in total. The summed E-state index contributed by atoms with van der Waals surface area (Å²) in [6.07, 6.45) is 0. The second kappa shape index (κ2) is 9.27. The largest absolute Gasteiger partial charge is 0.489 e. The number of benzene rings is 3. The van der Waals surface area contributed by atoms with E-state index in [9.17, 15) is 9.59 Å². The van der Waals surface area contributed by atoms with Crippen molar-refractivity contribution in [3.05, 3.63) is 90.0 Å². The summed E-state index contributed by atoms with van der Waals surface area (Å²) in [6, 6.07) is 23.9. The van der Waals surface area contributed by atoms with Crippen molar-refractivity contribution in [2.24, 2.45) is 5.41 Å². The van der Waals surface area contributed by atoms with Crippen molar-refractivity contribution >= 4 is 23.2 Å². The molecule has 0 heterocycles. The second-order valence-electron chi connectivity index (χ2n) is 7.99. The minimum atomic E-state index is -0.474. The third-order valence-electron chi connectivity index (χ3n) is 4.48. The highest BCUT2D eigenvalue weighted by atomic mass is 16.5. The number of ether oxygens (including phenoxy) is 1. The number of anilines is 2. The number of rotatable bonds is 6. The third-order valence-corrected chi connectivity index (χ3v) is 4.48. The van der Waals surface area contributed by atoms with E-state index in [-0.39, 0.29) is 11.8 Å². The highest BCUT2D eigenvalue weighted by molar-refractivity contribution is 6.05. The minimum Gasteiger partial charge on any atom is -0.489 e. The van der Waals surface area contributed by atoms with E-state index in [4.69, 9.17) is 4.74 Å². The Labute approximate surface area is 177 Å². The summed E-state index contributed by atoms with van der Waals surface area (Å²) in [5, 5.41) is 5.77. The lowest BCUT2D eigenvalue weighted by Crippen LogP contribution is -2.27. The van der Waals surface area contributed by atoms with Crippen LogP contribution in [0.3, 0.4) is 0 Å². The molecule has 0 aromatic heterocycles. The van der Waals surface area contributed by atoms with Crippen molar-refractivity contribution in [1.82, 2.24) is 0 Å². The highest BCUT2D eigenvalue weighted by Crippen LogP contribution is 2.20. The molecule has 0 unspecified atom stereocenters. The van der Waals surface area contributed by atoms with Gasteiger partial charge in [0.2, 0.25) is 5.91 Å². The van der Waals surface area contributed by atoms with Crippen molar-refractivity contribution in [3.63, 3.8) is 0 Å². The van der Waals surface area contributed by atoms with Gasteiger partial charge in [-0.05, 0) is 42.5 Å². The number of carbonyl (C=O) groups is 2. The molecule has 0 aliphatic rings. The van der Waals surface area contributed by atoms with Crippen molar-refractivity contribution in [1.29, 1.82) is 0 Å². The van der Waals surface area contributed by atoms with Crippen LogP contribution < -0.4 is 15.4 Å². The van der Waals surface area contributed by atoms with Gasteiger partial charge in [-0.15, -0.1) is 0 Å². The molecule has 0 radical (unpaired) electrons. The van der Waals surface area contributed by atoms with Crippen LogP contribution in [0.2, 0.25) is 0 Å². The predicted molar refractivity (Wildman–Crippen MR) is 120 cm³/mol. The Morgan fingerprint density at radius 2 is 1.33 bits per heavy atom. The summed E-state index contributed by atoms with van der Waals surface area (Å²) < 4.78 is 5.79. The first-order chi connectivity index (χ1) is 14.3. The van der Waals surface area contributed by atoms with Gasteiger partial charge >= 0.3 is 0 Å². The van der Waals surface area contributed by atoms with E-state index in [0.717, 1.165) is 11.3 Å². The summed E-state index contributed by atoms with van der Waals surface area (Å²) >= 11 is 0. The van der Waals surface area contributed by atoms with Gasteiger partial charge in [0, 0.05) is 27.9 Å². The van der Waals surface area contributed by atoms with Gasteiger partial charge in [-0.3, -0.25) is 9.59 Å². The predicted octanol–water partition coefficient (Wildman–Crippen LogP) is 5.50. The molecular weight excluding hydrogens is 376 g/mol. The zero-order valence-electron chi connectivity index (χ0n) is 17.4. The van der Waals surface area contributed by atoms with Crippen molar-refractivity contribution in [3.8, 4) is 5.75 Å². The van der Waals surface area contributed by atoms with Gasteiger partial charge < -0.3 is 15.4 Å². The van der Waals surface area contributed by atoms with Gasteiger partial charge in [-0.2, -0.15) is 0 Å². The van der Waals surface area contributed by atoms with Crippen LogP contribution in [0, 0.1) is 5.41 Å². The molecular formula is C25H26N2O3. The highest BCUT2D eigenvalue weighted by Gasteiger charge is 2.21. The Balaban J connectivity index is 1.65. The fourth-order valence-corrected chi connectivity index (χ4v) is 2.70. The second-order valence-corrected chi connectivity index (χ2v) is 7.99. The molecule has 0 fully saturated rings. The smallest absolute Gasteiger partial charge is 0.256 e. The summed E-state index contributed by atoms with van der Waals surface area (Å²) in [7, 11) is 0.